The lowest BCUT2D eigenvalue weighted by Gasteiger charge is -2.38. The van der Waals surface area contributed by atoms with Gasteiger partial charge in [-0.1, -0.05) is 188 Å². The first-order chi connectivity index (χ1) is 25.0. The predicted molar refractivity (Wildman–Crippen MR) is 226 cm³/mol. The molecule has 3 heteroatoms. The Balaban J connectivity index is 1.13. The number of hydrogen-bond acceptors (Lipinski definition) is 2. The van der Waals surface area contributed by atoms with Crippen molar-refractivity contribution in [3.63, 3.8) is 0 Å². The highest BCUT2D eigenvalue weighted by Gasteiger charge is 2.29. The second-order valence-electron chi connectivity index (χ2n) is 13.8. The fraction of sp³-hybridized carbons (Fsp3) is 0.208. The lowest BCUT2D eigenvalue weighted by Crippen LogP contribution is -2.27. The van der Waals surface area contributed by atoms with Gasteiger partial charge in [-0.05, 0) is 78.0 Å². The first-order valence-electron chi connectivity index (χ1n) is 18.3. The van der Waals surface area contributed by atoms with Gasteiger partial charge in [0.15, 0.2) is 0 Å². The van der Waals surface area contributed by atoms with Crippen LogP contribution in [0.2, 0.25) is 0 Å². The van der Waals surface area contributed by atoms with Gasteiger partial charge in [0.25, 0.3) is 0 Å². The number of alkyl halides is 1. The zero-order valence-electron chi connectivity index (χ0n) is 29.4. The smallest absolute Gasteiger partial charge is 0.0550 e. The Kier molecular flexibility index (Phi) is 11.3. The molecule has 256 valence electrons. The molecule has 4 aromatic rings. The van der Waals surface area contributed by atoms with Crippen molar-refractivity contribution < 1.29 is 0 Å². The Morgan fingerprint density at radius 3 is 2.24 bits per heavy atom. The highest BCUT2D eigenvalue weighted by molar-refractivity contribution is 14.1. The van der Waals surface area contributed by atoms with Crippen molar-refractivity contribution in [3.8, 4) is 0 Å². The van der Waals surface area contributed by atoms with Crippen LogP contribution in [0, 0.1) is 5.92 Å². The molecule has 3 aliphatic carbocycles. The fourth-order valence-corrected chi connectivity index (χ4v) is 8.42. The predicted octanol–water partition coefficient (Wildman–Crippen LogP) is 13.1. The van der Waals surface area contributed by atoms with Gasteiger partial charge in [0, 0.05) is 34.3 Å². The number of nitrogens with zero attached hydrogens (tertiary/aromatic N) is 1. The molecule has 1 N–H and O–H groups in total. The molecule has 0 saturated carbocycles. The largest absolute Gasteiger partial charge is 0.378 e. The maximum Gasteiger partial charge on any atom is 0.0550 e. The van der Waals surface area contributed by atoms with E-state index in [0.29, 0.717) is 17.8 Å². The molecule has 0 fully saturated rings. The Morgan fingerprint density at radius 2 is 1.51 bits per heavy atom. The van der Waals surface area contributed by atoms with Crippen molar-refractivity contribution in [2.24, 2.45) is 5.92 Å². The van der Waals surface area contributed by atoms with E-state index < -0.39 is 0 Å². The number of rotatable bonds is 11. The molecule has 4 aromatic carbocycles. The topological polar surface area (TPSA) is 15.3 Å². The van der Waals surface area contributed by atoms with E-state index in [4.69, 9.17) is 6.58 Å². The van der Waals surface area contributed by atoms with E-state index in [-0.39, 0.29) is 9.97 Å². The highest BCUT2D eigenvalue weighted by atomic mass is 127. The first-order valence-corrected chi connectivity index (χ1v) is 19.6. The molecule has 5 unspecified atom stereocenters. The van der Waals surface area contributed by atoms with Crippen molar-refractivity contribution in [1.29, 1.82) is 0 Å². The Hall–Kier alpha value is -4.61. The summed E-state index contributed by atoms with van der Waals surface area (Å²) in [5.41, 5.74) is 11.5. The van der Waals surface area contributed by atoms with Crippen LogP contribution in [0.4, 0.5) is 5.69 Å². The van der Waals surface area contributed by atoms with Crippen LogP contribution in [0.15, 0.2) is 194 Å². The lowest BCUT2D eigenvalue weighted by atomic mass is 9.78. The quantitative estimate of drug-likeness (QED) is 0.0927. The molecule has 7 rings (SSSR count). The van der Waals surface area contributed by atoms with Crippen molar-refractivity contribution in [3.05, 3.63) is 216 Å². The summed E-state index contributed by atoms with van der Waals surface area (Å²) in [6.45, 7) is 7.09. The van der Waals surface area contributed by atoms with Crippen LogP contribution in [0.1, 0.15) is 70.6 Å². The third-order valence-electron chi connectivity index (χ3n) is 10.4. The summed E-state index contributed by atoms with van der Waals surface area (Å²) in [7, 11) is 0. The van der Waals surface area contributed by atoms with Crippen molar-refractivity contribution in [2.75, 3.05) is 5.32 Å². The second kappa shape index (κ2) is 16.6. The van der Waals surface area contributed by atoms with E-state index in [9.17, 15) is 0 Å². The minimum Gasteiger partial charge on any atom is -0.378 e. The number of allylic oxidation sites excluding steroid dienone is 10. The van der Waals surface area contributed by atoms with Gasteiger partial charge in [0.2, 0.25) is 0 Å². The van der Waals surface area contributed by atoms with Crippen LogP contribution in [-0.4, -0.2) is 10.9 Å². The molecule has 0 spiro atoms. The molecule has 51 heavy (non-hydrogen) atoms. The van der Waals surface area contributed by atoms with E-state index in [0.717, 1.165) is 37.1 Å². The van der Waals surface area contributed by atoms with Gasteiger partial charge in [-0.15, -0.1) is 0 Å². The molecule has 0 bridgehead atoms. The summed E-state index contributed by atoms with van der Waals surface area (Å²) in [6, 6.07) is 41.8. The molecule has 0 aromatic heterocycles. The molecule has 0 aliphatic heterocycles. The monoisotopic (exact) mass is 778 g/mol. The van der Waals surface area contributed by atoms with Crippen LogP contribution >= 0.6 is 22.6 Å². The van der Waals surface area contributed by atoms with Crippen molar-refractivity contribution in [2.45, 2.75) is 54.4 Å². The first kappa shape index (κ1) is 34.8. The van der Waals surface area contributed by atoms with Crippen LogP contribution in [-0.2, 0) is 0 Å². The van der Waals surface area contributed by atoms with E-state index in [1.54, 1.807) is 0 Å². The maximum atomic E-state index is 4.70. The average molecular weight is 779 g/mol. The van der Waals surface area contributed by atoms with Crippen molar-refractivity contribution in [1.82, 2.24) is 4.90 Å². The average Bonchev–Trinajstić information content (AvgIpc) is 3.19. The molecule has 0 heterocycles. The normalized spacial score (nSPS) is 22.1. The van der Waals surface area contributed by atoms with Crippen LogP contribution in [0.5, 0.6) is 0 Å². The van der Waals surface area contributed by atoms with Gasteiger partial charge >= 0.3 is 0 Å². The SMILES string of the molecule is C=C(/C=C\C(I)c1ccccc1)N(C1=CC(C)C(c2ccc(NC3C=CC=CC3c3ccccc3)cc2)CC1)C1=C(c2ccccc2)C=CCC1. The Morgan fingerprint density at radius 1 is 0.824 bits per heavy atom. The van der Waals surface area contributed by atoms with Gasteiger partial charge in [-0.3, -0.25) is 0 Å². The molecule has 5 atom stereocenters. The Labute approximate surface area is 318 Å². The van der Waals surface area contributed by atoms with Crippen LogP contribution in [0.25, 0.3) is 5.57 Å². The van der Waals surface area contributed by atoms with E-state index >= 15 is 0 Å². The van der Waals surface area contributed by atoms with Crippen LogP contribution < -0.4 is 5.32 Å². The minimum absolute atomic E-state index is 0.218. The number of hydrogen-bond donors (Lipinski definition) is 1. The summed E-state index contributed by atoms with van der Waals surface area (Å²) in [5.74, 6) is 1.17. The molecule has 3 aliphatic rings. The summed E-state index contributed by atoms with van der Waals surface area (Å²) >= 11 is 2.52. The Bertz CT molecular complexity index is 1970. The number of anilines is 1. The van der Waals surface area contributed by atoms with Gasteiger partial charge in [-0.25, -0.2) is 0 Å². The van der Waals surface area contributed by atoms with Gasteiger partial charge < -0.3 is 10.2 Å². The molecular weight excluding hydrogens is 731 g/mol. The van der Waals surface area contributed by atoms with E-state index in [2.05, 4.69) is 210 Å². The molecule has 0 radical (unpaired) electrons. The van der Waals surface area contributed by atoms with Crippen molar-refractivity contribution >= 4 is 33.9 Å². The molecule has 0 amide bonds. The summed E-state index contributed by atoms with van der Waals surface area (Å²) in [5, 5.41) is 3.81. The fourth-order valence-electron chi connectivity index (χ4n) is 7.80. The third kappa shape index (κ3) is 8.31. The zero-order valence-corrected chi connectivity index (χ0v) is 31.6. The standard InChI is InChI=1S/C48H47IN2/c1-35-34-42(31-32-43(35)39-27-29-41(30-28-39)50-47-24-14-12-22-44(47)37-16-6-3-7-17-37)51(36(2)26-33-46(49)40-20-10-5-11-21-40)48-25-15-13-23-45(48)38-18-8-4-9-19-38/h3-14,16-24,26-30,33-35,43-44,46-47,50H,2,15,25,31-32H2,1H3/b33-26-. The number of halogens is 1. The molecule has 0 saturated heterocycles. The third-order valence-corrected chi connectivity index (χ3v) is 11.6. The highest BCUT2D eigenvalue weighted by Crippen LogP contribution is 2.43. The van der Waals surface area contributed by atoms with Gasteiger partial charge in [-0.2, -0.15) is 0 Å². The second-order valence-corrected chi connectivity index (χ2v) is 15.2. The van der Waals surface area contributed by atoms with E-state index in [1.165, 1.54) is 39.2 Å². The lowest BCUT2D eigenvalue weighted by molar-refractivity contribution is 0.408. The van der Waals surface area contributed by atoms with Crippen LogP contribution in [0.3, 0.4) is 0 Å². The van der Waals surface area contributed by atoms with E-state index in [1.807, 2.05) is 0 Å². The maximum absolute atomic E-state index is 4.70. The molecule has 2 nitrogen and oxygen atoms in total. The van der Waals surface area contributed by atoms with Gasteiger partial charge in [0.05, 0.1) is 9.97 Å². The number of nitrogens with one attached hydrogen (secondary N) is 1. The summed E-state index contributed by atoms with van der Waals surface area (Å²) in [4.78, 5) is 2.49. The number of benzene rings is 4. The minimum atomic E-state index is 0.218. The summed E-state index contributed by atoms with van der Waals surface area (Å²) < 4.78 is 0.271. The molecular formula is C48H47IN2. The van der Waals surface area contributed by atoms with Gasteiger partial charge in [0.1, 0.15) is 0 Å². The summed E-state index contributed by atoms with van der Waals surface area (Å²) in [6.07, 6.45) is 24.7. The zero-order chi connectivity index (χ0) is 35.0.